The van der Waals surface area contributed by atoms with Gasteiger partial charge in [-0.3, -0.25) is 4.79 Å². The summed E-state index contributed by atoms with van der Waals surface area (Å²) in [6, 6.07) is 7.15. The summed E-state index contributed by atoms with van der Waals surface area (Å²) in [5.74, 6) is 4.77. The zero-order chi connectivity index (χ0) is 15.7. The molecule has 0 fully saturated rings. The molecule has 0 spiro atoms. The Labute approximate surface area is 124 Å². The standard InChI is InChI=1S/C14H18N2O4S/c1-20-14(17)8-10-21(18,19)16-11-13-6-4-12(5-7-13)3-2-9-15/h4-7,16H,8-11,15H2,1H3. The van der Waals surface area contributed by atoms with Crippen LogP contribution in [0.25, 0.3) is 0 Å². The summed E-state index contributed by atoms with van der Waals surface area (Å²) < 4.78 is 30.2. The number of rotatable bonds is 6. The lowest BCUT2D eigenvalue weighted by Crippen LogP contribution is -2.27. The molecule has 7 heteroatoms. The van der Waals surface area contributed by atoms with Crippen LogP contribution in [0.2, 0.25) is 0 Å². The molecule has 21 heavy (non-hydrogen) atoms. The van der Waals surface area contributed by atoms with Gasteiger partial charge in [-0.25, -0.2) is 13.1 Å². The number of carbonyl (C=O) groups excluding carboxylic acids is 1. The second-order valence-corrected chi connectivity index (χ2v) is 6.10. The molecule has 6 nitrogen and oxygen atoms in total. The summed E-state index contributed by atoms with van der Waals surface area (Å²) >= 11 is 0. The van der Waals surface area contributed by atoms with Crippen LogP contribution in [0.5, 0.6) is 0 Å². The predicted molar refractivity (Wildman–Crippen MR) is 79.6 cm³/mol. The number of nitrogens with two attached hydrogens (primary N) is 1. The number of benzene rings is 1. The van der Waals surface area contributed by atoms with Crippen LogP contribution >= 0.6 is 0 Å². The minimum atomic E-state index is -3.50. The second-order valence-electron chi connectivity index (χ2n) is 4.17. The third-order valence-corrected chi connectivity index (χ3v) is 3.91. The van der Waals surface area contributed by atoms with Crippen LogP contribution in [0.4, 0.5) is 0 Å². The molecule has 0 aromatic heterocycles. The molecule has 0 aliphatic carbocycles. The number of hydrogen-bond acceptors (Lipinski definition) is 5. The van der Waals surface area contributed by atoms with E-state index in [-0.39, 0.29) is 18.7 Å². The smallest absolute Gasteiger partial charge is 0.306 e. The minimum Gasteiger partial charge on any atom is -0.469 e. The van der Waals surface area contributed by atoms with Crippen molar-refractivity contribution in [2.45, 2.75) is 13.0 Å². The van der Waals surface area contributed by atoms with Gasteiger partial charge in [0.15, 0.2) is 0 Å². The van der Waals surface area contributed by atoms with Gasteiger partial charge in [-0.05, 0) is 17.7 Å². The van der Waals surface area contributed by atoms with Gasteiger partial charge in [-0.1, -0.05) is 24.0 Å². The van der Waals surface area contributed by atoms with Crippen LogP contribution in [-0.2, 0) is 26.1 Å². The van der Waals surface area contributed by atoms with Crippen molar-refractivity contribution in [1.29, 1.82) is 0 Å². The molecule has 0 aliphatic rings. The number of hydrogen-bond donors (Lipinski definition) is 2. The van der Waals surface area contributed by atoms with Crippen LogP contribution in [-0.4, -0.2) is 33.8 Å². The van der Waals surface area contributed by atoms with E-state index in [1.54, 1.807) is 24.3 Å². The average Bonchev–Trinajstić information content (AvgIpc) is 2.49. The van der Waals surface area contributed by atoms with Gasteiger partial charge in [0.2, 0.25) is 10.0 Å². The normalized spacial score (nSPS) is 10.6. The zero-order valence-electron chi connectivity index (χ0n) is 11.8. The number of ether oxygens (including phenoxy) is 1. The van der Waals surface area contributed by atoms with Crippen molar-refractivity contribution in [2.75, 3.05) is 19.4 Å². The molecule has 0 bridgehead atoms. The maximum atomic E-state index is 11.7. The van der Waals surface area contributed by atoms with Crippen LogP contribution in [0.3, 0.4) is 0 Å². The minimum absolute atomic E-state index is 0.161. The van der Waals surface area contributed by atoms with Gasteiger partial charge >= 0.3 is 5.97 Å². The number of esters is 1. The fraction of sp³-hybridized carbons (Fsp3) is 0.357. The van der Waals surface area contributed by atoms with E-state index in [4.69, 9.17) is 5.73 Å². The Morgan fingerprint density at radius 2 is 2.00 bits per heavy atom. The quantitative estimate of drug-likeness (QED) is 0.568. The van der Waals surface area contributed by atoms with E-state index in [1.165, 1.54) is 7.11 Å². The molecule has 0 saturated carbocycles. The first-order valence-corrected chi connectivity index (χ1v) is 7.94. The zero-order valence-corrected chi connectivity index (χ0v) is 12.6. The second kappa shape index (κ2) is 8.42. The fourth-order valence-electron chi connectivity index (χ4n) is 1.44. The number of nitrogens with one attached hydrogen (secondary N) is 1. The predicted octanol–water partition coefficient (Wildman–Crippen LogP) is -0.0207. The molecule has 0 saturated heterocycles. The monoisotopic (exact) mass is 310 g/mol. The highest BCUT2D eigenvalue weighted by Crippen LogP contribution is 2.04. The number of sulfonamides is 1. The average molecular weight is 310 g/mol. The maximum Gasteiger partial charge on any atom is 0.306 e. The maximum absolute atomic E-state index is 11.7. The van der Waals surface area contributed by atoms with Crippen LogP contribution < -0.4 is 10.5 Å². The van der Waals surface area contributed by atoms with E-state index in [0.717, 1.165) is 11.1 Å². The van der Waals surface area contributed by atoms with Crippen LogP contribution in [0.1, 0.15) is 17.5 Å². The van der Waals surface area contributed by atoms with Gasteiger partial charge < -0.3 is 10.5 Å². The number of carbonyl (C=O) groups is 1. The van der Waals surface area contributed by atoms with Crippen molar-refractivity contribution in [2.24, 2.45) is 5.73 Å². The first-order chi connectivity index (χ1) is 9.96. The van der Waals surface area contributed by atoms with Gasteiger partial charge in [0.05, 0.1) is 25.8 Å². The molecule has 0 heterocycles. The number of methoxy groups -OCH3 is 1. The largest absolute Gasteiger partial charge is 0.469 e. The van der Waals surface area contributed by atoms with Gasteiger partial charge in [0.25, 0.3) is 0 Å². The highest BCUT2D eigenvalue weighted by molar-refractivity contribution is 7.89. The summed E-state index contributed by atoms with van der Waals surface area (Å²) in [4.78, 5) is 10.9. The summed E-state index contributed by atoms with van der Waals surface area (Å²) in [5.41, 5.74) is 6.90. The highest BCUT2D eigenvalue weighted by atomic mass is 32.2. The molecule has 114 valence electrons. The summed E-state index contributed by atoms with van der Waals surface area (Å²) in [5, 5.41) is 0. The van der Waals surface area contributed by atoms with E-state index in [2.05, 4.69) is 21.3 Å². The van der Waals surface area contributed by atoms with Crippen molar-refractivity contribution in [3.05, 3.63) is 35.4 Å². The molecule has 0 amide bonds. The van der Waals surface area contributed by atoms with Crippen molar-refractivity contribution in [3.8, 4) is 11.8 Å². The van der Waals surface area contributed by atoms with E-state index >= 15 is 0 Å². The van der Waals surface area contributed by atoms with Crippen molar-refractivity contribution < 1.29 is 17.9 Å². The molecule has 0 aliphatic heterocycles. The molecule has 1 aromatic carbocycles. The molecule has 1 rings (SSSR count). The van der Waals surface area contributed by atoms with Gasteiger partial charge in [-0.2, -0.15) is 0 Å². The van der Waals surface area contributed by atoms with Gasteiger partial charge in [-0.15, -0.1) is 0 Å². The van der Waals surface area contributed by atoms with Gasteiger partial charge in [0, 0.05) is 12.1 Å². The van der Waals surface area contributed by atoms with Crippen LogP contribution in [0, 0.1) is 11.8 Å². The molecule has 3 N–H and O–H groups in total. The van der Waals surface area contributed by atoms with E-state index in [9.17, 15) is 13.2 Å². The molecule has 0 atom stereocenters. The SMILES string of the molecule is COC(=O)CCS(=O)(=O)NCc1ccc(C#CCN)cc1. The van der Waals surface area contributed by atoms with Crippen molar-refractivity contribution in [3.63, 3.8) is 0 Å². The Kier molecular flexibility index (Phi) is 6.88. The molecule has 1 aromatic rings. The van der Waals surface area contributed by atoms with Crippen molar-refractivity contribution >= 4 is 16.0 Å². The third kappa shape index (κ3) is 6.90. The van der Waals surface area contributed by atoms with Gasteiger partial charge in [0.1, 0.15) is 0 Å². The Hall–Kier alpha value is -1.88. The molecular weight excluding hydrogens is 292 g/mol. The lowest BCUT2D eigenvalue weighted by molar-refractivity contribution is -0.140. The Morgan fingerprint density at radius 3 is 2.57 bits per heavy atom. The highest BCUT2D eigenvalue weighted by Gasteiger charge is 2.13. The van der Waals surface area contributed by atoms with E-state index in [1.807, 2.05) is 0 Å². The van der Waals surface area contributed by atoms with E-state index in [0.29, 0.717) is 6.54 Å². The molecular formula is C14H18N2O4S. The molecule has 0 radical (unpaired) electrons. The Balaban J connectivity index is 2.52. The lowest BCUT2D eigenvalue weighted by Gasteiger charge is -2.06. The first-order valence-electron chi connectivity index (χ1n) is 6.29. The first kappa shape index (κ1) is 17.2. The topological polar surface area (TPSA) is 98.5 Å². The van der Waals surface area contributed by atoms with E-state index < -0.39 is 16.0 Å². The fourth-order valence-corrected chi connectivity index (χ4v) is 2.41. The summed E-state index contributed by atoms with van der Waals surface area (Å²) in [6.45, 7) is 0.454. The third-order valence-electron chi connectivity index (χ3n) is 2.59. The molecule has 0 unspecified atom stereocenters. The summed E-state index contributed by atoms with van der Waals surface area (Å²) in [6.07, 6.45) is -0.167. The Morgan fingerprint density at radius 1 is 1.33 bits per heavy atom. The summed E-state index contributed by atoms with van der Waals surface area (Å²) in [7, 11) is -2.28. The van der Waals surface area contributed by atoms with Crippen molar-refractivity contribution in [1.82, 2.24) is 4.72 Å². The Bertz CT molecular complexity index is 627. The van der Waals surface area contributed by atoms with Crippen LogP contribution in [0.15, 0.2) is 24.3 Å². The lowest BCUT2D eigenvalue weighted by atomic mass is 10.1.